The van der Waals surface area contributed by atoms with Crippen molar-refractivity contribution < 1.29 is 38.9 Å². The summed E-state index contributed by atoms with van der Waals surface area (Å²) in [5.41, 5.74) is 9.60. The molecule has 0 amide bonds. The van der Waals surface area contributed by atoms with E-state index in [1.165, 1.54) is 48.5 Å². The smallest absolute Gasteiger partial charge is 0.294 e. The molecule has 5 N–H and O–H groups in total. The van der Waals surface area contributed by atoms with Gasteiger partial charge in [-0.05, 0) is 72.8 Å². The van der Waals surface area contributed by atoms with E-state index in [1.54, 1.807) is 24.3 Å². The van der Waals surface area contributed by atoms with Gasteiger partial charge in [-0.25, -0.2) is 9.97 Å². The second-order valence-corrected chi connectivity index (χ2v) is 24.1. The van der Waals surface area contributed by atoms with Crippen molar-refractivity contribution in [3.05, 3.63) is 103 Å². The molecule has 58 heavy (non-hydrogen) atoms. The highest BCUT2D eigenvalue weighted by Gasteiger charge is 2.24. The number of fused-ring (bicyclic) bond motifs is 20. The first-order chi connectivity index (χ1) is 27.2. The van der Waals surface area contributed by atoms with Crippen LogP contribution < -0.4 is 0 Å². The fraction of sp³-hybridized carbons (Fsp3) is 0.0732. The van der Waals surface area contributed by atoms with Gasteiger partial charge in [0, 0.05) is 71.4 Å². The number of nitrogens with zero attached hydrogens (tertiary/aromatic N) is 2. The molecule has 0 saturated carbocycles. The van der Waals surface area contributed by atoms with Crippen molar-refractivity contribution in [3.63, 3.8) is 0 Å². The maximum Gasteiger partial charge on any atom is 0.294 e. The zero-order valence-electron chi connectivity index (χ0n) is 30.6. The molecule has 290 valence electrons. The van der Waals surface area contributed by atoms with Gasteiger partial charge in [-0.2, -0.15) is 25.3 Å². The first-order valence-corrected chi connectivity index (χ1v) is 25.4. The average Bonchev–Trinajstić information content (AvgIpc) is 3.87. The van der Waals surface area contributed by atoms with Gasteiger partial charge in [-0.3, -0.25) is 13.7 Å². The lowest BCUT2D eigenvalue weighted by Gasteiger charge is -2.03. The zero-order chi connectivity index (χ0) is 41.1. The largest absolute Gasteiger partial charge is 0.354 e. The highest BCUT2D eigenvalue weighted by Crippen LogP contribution is 2.42. The minimum Gasteiger partial charge on any atom is -0.354 e. The Labute approximate surface area is 332 Å². The van der Waals surface area contributed by atoms with E-state index in [-0.39, 0.29) is 14.7 Å². The molecule has 0 fully saturated rings. The molecule has 8 bridgehead atoms. The zero-order valence-corrected chi connectivity index (χ0v) is 34.1. The third-order valence-electron chi connectivity index (χ3n) is 9.88. The summed E-state index contributed by atoms with van der Waals surface area (Å²) in [6.45, 7) is 6.45. The average molecular weight is 847 g/mol. The first kappa shape index (κ1) is 37.6. The summed E-state index contributed by atoms with van der Waals surface area (Å²) >= 11 is 0. The van der Waals surface area contributed by atoms with E-state index in [2.05, 4.69) is 41.1 Å². The van der Waals surface area contributed by atoms with Crippen molar-refractivity contribution >= 4 is 82.0 Å². The highest BCUT2D eigenvalue weighted by molar-refractivity contribution is 7.86. The van der Waals surface area contributed by atoms with E-state index < -0.39 is 38.4 Å². The van der Waals surface area contributed by atoms with E-state index in [0.29, 0.717) is 77.9 Å². The monoisotopic (exact) mass is 846 g/mol. The Morgan fingerprint density at radius 2 is 0.845 bits per heavy atom. The van der Waals surface area contributed by atoms with Gasteiger partial charge in [-0.1, -0.05) is 49.8 Å². The minimum absolute atomic E-state index is 0.327. The number of aromatic nitrogens is 4. The quantitative estimate of drug-likeness (QED) is 0.0647. The summed E-state index contributed by atoms with van der Waals surface area (Å²) in [4.78, 5) is 15.6. The summed E-state index contributed by atoms with van der Waals surface area (Å²) < 4.78 is 104. The molecule has 3 aromatic heterocycles. The predicted molar refractivity (Wildman–Crippen MR) is 225 cm³/mol. The fourth-order valence-electron chi connectivity index (χ4n) is 7.22. The van der Waals surface area contributed by atoms with Gasteiger partial charge in [0.05, 0.1) is 37.5 Å². The molecule has 13 nitrogen and oxygen atoms in total. The van der Waals surface area contributed by atoms with Crippen LogP contribution in [0.15, 0.2) is 112 Å². The topological polar surface area (TPSA) is 220 Å². The van der Waals surface area contributed by atoms with Crippen LogP contribution in [0.2, 0.25) is 19.6 Å². The van der Waals surface area contributed by atoms with Crippen molar-refractivity contribution in [2.45, 2.75) is 34.3 Å². The Kier molecular flexibility index (Phi) is 8.27. The van der Waals surface area contributed by atoms with Gasteiger partial charge in [0.2, 0.25) is 0 Å². The molecule has 17 heteroatoms. The van der Waals surface area contributed by atoms with Crippen LogP contribution in [0.4, 0.5) is 0 Å². The van der Waals surface area contributed by atoms with Crippen LogP contribution in [0.3, 0.4) is 0 Å². The number of aromatic amines is 2. The van der Waals surface area contributed by atoms with Crippen LogP contribution in [0.5, 0.6) is 0 Å². The van der Waals surface area contributed by atoms with Gasteiger partial charge < -0.3 is 9.97 Å². The van der Waals surface area contributed by atoms with Crippen molar-refractivity contribution in [3.8, 4) is 56.5 Å². The maximum atomic E-state index is 12.3. The number of hydrogen-bond donors (Lipinski definition) is 5. The molecule has 0 atom stereocenters. The normalized spacial score (nSPS) is 12.9. The Morgan fingerprint density at radius 3 is 1.29 bits per heavy atom. The lowest BCUT2D eigenvalue weighted by molar-refractivity contribution is 0.481. The third kappa shape index (κ3) is 6.69. The summed E-state index contributed by atoms with van der Waals surface area (Å²) in [5.74, 6) is 3.31. The Hall–Kier alpha value is -5.97. The van der Waals surface area contributed by atoms with Gasteiger partial charge >= 0.3 is 0 Å². The second-order valence-electron chi connectivity index (χ2n) is 15.1. The molecule has 0 spiro atoms. The minimum atomic E-state index is -4.63. The molecule has 9 rings (SSSR count). The van der Waals surface area contributed by atoms with Crippen molar-refractivity contribution in [2.75, 3.05) is 0 Å². The van der Waals surface area contributed by atoms with Crippen molar-refractivity contribution in [1.82, 2.24) is 19.9 Å². The van der Waals surface area contributed by atoms with E-state index in [0.717, 1.165) is 16.3 Å². The molecule has 0 aliphatic carbocycles. The van der Waals surface area contributed by atoms with E-state index in [4.69, 9.17) is 9.97 Å². The van der Waals surface area contributed by atoms with Crippen molar-refractivity contribution in [1.29, 1.82) is 0 Å². The van der Waals surface area contributed by atoms with Crippen LogP contribution in [0, 0.1) is 11.5 Å². The summed E-state index contributed by atoms with van der Waals surface area (Å²) in [6, 6.07) is 25.1. The van der Waals surface area contributed by atoms with Crippen LogP contribution >= 0.6 is 0 Å². The van der Waals surface area contributed by atoms with E-state index in [9.17, 15) is 38.9 Å². The van der Waals surface area contributed by atoms with Crippen molar-refractivity contribution in [2.24, 2.45) is 0 Å². The summed E-state index contributed by atoms with van der Waals surface area (Å²) in [7, 11) is -15.6. The Morgan fingerprint density at radius 1 is 0.466 bits per heavy atom. The highest BCUT2D eigenvalue weighted by atomic mass is 32.2. The molecule has 2 aliphatic heterocycles. The number of hydrogen-bond acceptors (Lipinski definition) is 8. The standard InChI is InChI=1S/C41H30N4O9S3Si/c1-58(2,3)13-12-22-4-8-26-30(14-22)38-18-35-27-9-5-23(55(46,47)48)15-31(27)40(43-35)20-37-29-11-7-25(57(52,53)54)17-33(29)41(45-37)21-36-28-10-6-24(56(49,50)51)16-32(28)39(44-36)19-34(26)42-38/h4-11,14-21,42,45H,1-3H3,(H,46,47,48)(H,49,50,51)(H,52,53,54). The Balaban J connectivity index is 1.47. The van der Waals surface area contributed by atoms with Crippen LogP contribution in [-0.2, 0) is 30.4 Å². The lowest BCUT2D eigenvalue weighted by Crippen LogP contribution is -2.16. The molecule has 0 radical (unpaired) electrons. The molecule has 0 saturated heterocycles. The molecule has 2 aliphatic rings. The van der Waals surface area contributed by atoms with Crippen LogP contribution in [-0.4, -0.2) is 66.9 Å². The number of H-pyrrole nitrogens is 2. The SMILES string of the molecule is C[Si](C)(C)C#Cc1ccc2c3cc4nc(cc5[nH]c(cc6nc(cc([nH]3)c2c1)-c1ccc(S(=O)(=O)O)cc1-6)c1ccc(S(=O)(=O)O)cc51)-c1ccc(S(=O)(=O)O)cc1-4. The lowest BCUT2D eigenvalue weighted by atomic mass is 10.0. The van der Waals surface area contributed by atoms with Crippen LogP contribution in [0.1, 0.15) is 5.56 Å². The maximum absolute atomic E-state index is 12.3. The summed E-state index contributed by atoms with van der Waals surface area (Å²) in [6.07, 6.45) is 0. The molecule has 4 aromatic carbocycles. The molecule has 7 aromatic rings. The fourth-order valence-corrected chi connectivity index (χ4v) is 9.26. The first-order valence-electron chi connectivity index (χ1n) is 17.6. The number of benzene rings is 4. The van der Waals surface area contributed by atoms with Gasteiger partial charge in [0.15, 0.2) is 0 Å². The van der Waals surface area contributed by atoms with Gasteiger partial charge in [0.1, 0.15) is 8.07 Å². The Bertz CT molecular complexity index is 3560. The predicted octanol–water partition coefficient (Wildman–Crippen LogP) is 8.26. The van der Waals surface area contributed by atoms with E-state index >= 15 is 0 Å². The molecule has 0 unspecified atom stereocenters. The third-order valence-corrected chi connectivity index (χ3v) is 13.3. The summed E-state index contributed by atoms with van der Waals surface area (Å²) in [5, 5.41) is 2.44. The van der Waals surface area contributed by atoms with E-state index in [1.807, 2.05) is 24.3 Å². The second kappa shape index (κ2) is 12.8. The van der Waals surface area contributed by atoms with Crippen LogP contribution in [0.25, 0.3) is 88.6 Å². The molecular weight excluding hydrogens is 817 g/mol. The number of nitrogens with one attached hydrogen (secondary N) is 2. The number of rotatable bonds is 3. The molecular formula is C41H30N4O9S3Si. The molecule has 5 heterocycles. The van der Waals surface area contributed by atoms with Gasteiger partial charge in [-0.15, -0.1) is 5.54 Å². The van der Waals surface area contributed by atoms with Gasteiger partial charge in [0.25, 0.3) is 30.4 Å².